The van der Waals surface area contributed by atoms with Gasteiger partial charge in [-0.2, -0.15) is 0 Å². The van der Waals surface area contributed by atoms with Gasteiger partial charge in [0.25, 0.3) is 17.6 Å². The van der Waals surface area contributed by atoms with E-state index in [-0.39, 0.29) is 76.8 Å². The fraction of sp³-hybridized carbons (Fsp3) is 0.462. The number of rotatable bonds is 10. The number of carbonyl (C=O) groups is 3. The third-order valence-corrected chi connectivity index (χ3v) is 6.07. The lowest BCUT2D eigenvalue weighted by Gasteiger charge is -2.19. The Hall–Kier alpha value is -3.40. The quantitative estimate of drug-likeness (QED) is 0.117. The summed E-state index contributed by atoms with van der Waals surface area (Å²) in [5.41, 5.74) is 12.4. The molecule has 41 heavy (non-hydrogen) atoms. The molecule has 2 heterocycles. The molecular formula is C26H36ClIN8O5. The first-order chi connectivity index (χ1) is 18.8. The van der Waals surface area contributed by atoms with Crippen molar-refractivity contribution in [3.05, 3.63) is 34.4 Å². The largest absolute Gasteiger partial charge is 1.00 e. The molecule has 0 saturated carbocycles. The van der Waals surface area contributed by atoms with Crippen LogP contribution in [0.1, 0.15) is 68.2 Å². The lowest BCUT2D eigenvalue weighted by molar-refractivity contribution is -0.676. The van der Waals surface area contributed by atoms with Gasteiger partial charge in [0.05, 0.1) is 18.7 Å². The molecular weight excluding hydrogens is 667 g/mol. The number of carbonyl (C=O) groups excluding carboxylic acids is 3. The molecule has 0 fully saturated rings. The highest BCUT2D eigenvalue weighted by Gasteiger charge is 2.28. The third-order valence-electron chi connectivity index (χ3n) is 5.79. The second-order valence-corrected chi connectivity index (χ2v) is 10.2. The monoisotopic (exact) mass is 702 g/mol. The number of benzene rings is 1. The molecule has 3 aromatic rings. The molecule has 0 unspecified atom stereocenters. The van der Waals surface area contributed by atoms with Gasteiger partial charge in [0.1, 0.15) is 17.9 Å². The number of aryl methyl sites for hydroxylation is 2. The average Bonchev–Trinajstić information content (AvgIpc) is 3.17. The molecule has 1 aromatic carbocycles. The zero-order valence-corrected chi connectivity index (χ0v) is 26.8. The summed E-state index contributed by atoms with van der Waals surface area (Å²) < 4.78 is 15.1. The smallest absolute Gasteiger partial charge is 0.344 e. The maximum Gasteiger partial charge on any atom is 0.344 e. The Morgan fingerprint density at radius 1 is 1.05 bits per heavy atom. The van der Waals surface area contributed by atoms with Crippen LogP contribution in [-0.2, 0) is 29.2 Å². The number of nitrogens with zero attached hydrogens (tertiary/aromatic N) is 4. The van der Waals surface area contributed by atoms with Gasteiger partial charge in [-0.25, -0.2) is 23.9 Å². The second-order valence-electron chi connectivity index (χ2n) is 9.79. The van der Waals surface area contributed by atoms with Crippen LogP contribution in [0.5, 0.6) is 5.75 Å². The number of hydrogen-bond donors (Lipinski definition) is 4. The van der Waals surface area contributed by atoms with E-state index in [0.29, 0.717) is 19.6 Å². The number of ether oxygens (including phenoxy) is 2. The molecule has 0 saturated heterocycles. The summed E-state index contributed by atoms with van der Waals surface area (Å²) in [7, 11) is 0. The van der Waals surface area contributed by atoms with Gasteiger partial charge in [0.15, 0.2) is 40.1 Å². The number of halogens is 2. The van der Waals surface area contributed by atoms with Crippen LogP contribution < -0.4 is 55.4 Å². The number of amides is 2. The Morgan fingerprint density at radius 3 is 2.32 bits per heavy atom. The van der Waals surface area contributed by atoms with Crippen LogP contribution >= 0.6 is 11.6 Å². The first kappa shape index (κ1) is 33.8. The maximum atomic E-state index is 13.0. The number of imidazole rings is 1. The third kappa shape index (κ3) is 7.87. The number of anilines is 2. The van der Waals surface area contributed by atoms with Crippen molar-refractivity contribution in [3.8, 4) is 5.75 Å². The van der Waals surface area contributed by atoms with E-state index < -0.39 is 17.5 Å². The topological polar surface area (TPSA) is 180 Å². The number of nitrogen functional groups attached to an aromatic ring is 2. The molecule has 3 rings (SSSR count). The van der Waals surface area contributed by atoms with E-state index in [4.69, 9.17) is 32.5 Å². The number of hydrogen-bond acceptors (Lipinski definition) is 9. The number of aromatic nitrogens is 4. The van der Waals surface area contributed by atoms with Crippen LogP contribution in [0.2, 0.25) is 5.15 Å². The molecule has 0 aliphatic carbocycles. The Bertz CT molecular complexity index is 1450. The summed E-state index contributed by atoms with van der Waals surface area (Å²) in [4.78, 5) is 46.0. The van der Waals surface area contributed by atoms with E-state index in [9.17, 15) is 14.4 Å². The Labute approximate surface area is 260 Å². The van der Waals surface area contributed by atoms with Crippen LogP contribution in [0.4, 0.5) is 11.6 Å². The summed E-state index contributed by atoms with van der Waals surface area (Å²) >= 11 is 5.93. The van der Waals surface area contributed by atoms with Crippen LogP contribution in [0, 0.1) is 0 Å². The van der Waals surface area contributed by atoms with Crippen molar-refractivity contribution in [1.29, 1.82) is 0 Å². The van der Waals surface area contributed by atoms with Gasteiger partial charge < -0.3 is 55.6 Å². The predicted octanol–water partition coefficient (Wildman–Crippen LogP) is -1.02. The first-order valence-electron chi connectivity index (χ1n) is 12.9. The van der Waals surface area contributed by atoms with E-state index in [0.717, 1.165) is 16.9 Å². The van der Waals surface area contributed by atoms with Crippen molar-refractivity contribution in [3.63, 3.8) is 0 Å². The minimum atomic E-state index is -0.677. The number of nitrogens with two attached hydrogens (primary N) is 2. The first-order valence-corrected chi connectivity index (χ1v) is 13.3. The summed E-state index contributed by atoms with van der Waals surface area (Å²) in [6, 6.07) is 3.43. The molecule has 224 valence electrons. The van der Waals surface area contributed by atoms with Crippen molar-refractivity contribution in [2.24, 2.45) is 0 Å². The number of fused-ring (bicyclic) bond motifs is 1. The van der Waals surface area contributed by atoms with Crippen molar-refractivity contribution in [2.75, 3.05) is 24.6 Å². The van der Waals surface area contributed by atoms with Crippen molar-refractivity contribution in [2.45, 2.75) is 66.8 Å². The minimum Gasteiger partial charge on any atom is -1.00 e. The molecule has 0 bridgehead atoms. The second kappa shape index (κ2) is 14.0. The molecule has 0 aliphatic heterocycles. The van der Waals surface area contributed by atoms with Crippen LogP contribution in [-0.4, -0.2) is 51.1 Å². The van der Waals surface area contributed by atoms with Crippen molar-refractivity contribution in [1.82, 2.24) is 25.2 Å². The molecule has 0 atom stereocenters. The number of esters is 1. The molecule has 0 aliphatic rings. The Balaban J connectivity index is 0.00000588. The van der Waals surface area contributed by atoms with Gasteiger partial charge in [0, 0.05) is 18.7 Å². The minimum absolute atomic E-state index is 0. The van der Waals surface area contributed by atoms with Gasteiger partial charge in [-0.3, -0.25) is 9.59 Å². The van der Waals surface area contributed by atoms with Gasteiger partial charge in [-0.05, 0) is 41.5 Å². The highest BCUT2D eigenvalue weighted by atomic mass is 127. The lowest BCUT2D eigenvalue weighted by atomic mass is 10.1. The molecule has 2 amide bonds. The van der Waals surface area contributed by atoms with Gasteiger partial charge >= 0.3 is 5.97 Å². The van der Waals surface area contributed by atoms with E-state index in [1.807, 2.05) is 29.9 Å². The summed E-state index contributed by atoms with van der Waals surface area (Å²) in [5, 5.41) is 5.48. The molecule has 13 nitrogen and oxygen atoms in total. The number of nitrogens with one attached hydrogen (secondary N) is 2. The molecule has 6 N–H and O–H groups in total. The van der Waals surface area contributed by atoms with Crippen LogP contribution in [0.25, 0.3) is 11.0 Å². The van der Waals surface area contributed by atoms with Gasteiger partial charge in [-0.1, -0.05) is 11.6 Å². The average molecular weight is 703 g/mol. The highest BCUT2D eigenvalue weighted by Crippen LogP contribution is 2.27. The Kier molecular flexibility index (Phi) is 11.5. The molecule has 0 spiro atoms. The van der Waals surface area contributed by atoms with Crippen molar-refractivity contribution >= 4 is 52.1 Å². The summed E-state index contributed by atoms with van der Waals surface area (Å²) in [5.74, 6) is -0.720. The SMILES string of the molecule is CCNC(=O)c1cc2c(cc1OCC(=O)OC(C)(C)C)[n+](CC)c(CNC(=O)c1nc(Cl)c(N)nc1N)n2CC.[I-]. The van der Waals surface area contributed by atoms with E-state index in [1.165, 1.54) is 0 Å². The van der Waals surface area contributed by atoms with E-state index in [2.05, 4.69) is 20.6 Å². The fourth-order valence-electron chi connectivity index (χ4n) is 4.22. The van der Waals surface area contributed by atoms with Crippen LogP contribution in [0.15, 0.2) is 12.1 Å². The van der Waals surface area contributed by atoms with E-state index >= 15 is 0 Å². The summed E-state index contributed by atoms with van der Waals surface area (Å²) in [6.07, 6.45) is 0. The molecule has 15 heteroatoms. The van der Waals surface area contributed by atoms with E-state index in [1.54, 1.807) is 32.9 Å². The normalized spacial score (nSPS) is 11.1. The summed E-state index contributed by atoms with van der Waals surface area (Å²) in [6.45, 7) is 12.2. The van der Waals surface area contributed by atoms with Crippen LogP contribution in [0.3, 0.4) is 0 Å². The zero-order valence-electron chi connectivity index (χ0n) is 23.9. The zero-order chi connectivity index (χ0) is 29.8. The fourth-order valence-corrected chi connectivity index (χ4v) is 4.35. The lowest BCUT2D eigenvalue weighted by Crippen LogP contribution is -3.00. The van der Waals surface area contributed by atoms with Gasteiger partial charge in [-0.15, -0.1) is 0 Å². The molecule has 2 aromatic heterocycles. The molecule has 0 radical (unpaired) electrons. The highest BCUT2D eigenvalue weighted by molar-refractivity contribution is 6.31. The van der Waals surface area contributed by atoms with Crippen molar-refractivity contribution < 1.29 is 52.4 Å². The predicted molar refractivity (Wildman–Crippen MR) is 150 cm³/mol. The maximum absolute atomic E-state index is 13.0. The Morgan fingerprint density at radius 2 is 1.73 bits per heavy atom. The standard InChI is InChI=1S/C26H35ClN8O5.HI/c1-7-30-24(37)14-10-15-16(11-17(14)39-13-19(36)40-26(4,5)6)35(9-3)18(34(15)8-2)12-31-25(38)20-22(28)33-23(29)21(27)32-20;/h10-11H,7-9,12-13H2,1-6H3,(H5-,28,29,30,31,33,37,38);1H. The van der Waals surface area contributed by atoms with Gasteiger partial charge in [0.2, 0.25) is 0 Å².